The van der Waals surface area contributed by atoms with Gasteiger partial charge in [-0.2, -0.15) is 0 Å². The van der Waals surface area contributed by atoms with Crippen molar-refractivity contribution in [2.75, 3.05) is 6.61 Å². The van der Waals surface area contributed by atoms with Crippen molar-refractivity contribution in [3.8, 4) is 5.75 Å². The molecule has 2 aliphatic rings. The number of benzene rings is 1. The van der Waals surface area contributed by atoms with Crippen LogP contribution in [0.2, 0.25) is 0 Å². The second kappa shape index (κ2) is 7.63. The molecule has 2 aliphatic carbocycles. The van der Waals surface area contributed by atoms with Gasteiger partial charge >= 0.3 is 5.97 Å². The zero-order valence-electron chi connectivity index (χ0n) is 16.1. The first-order valence-electron chi connectivity index (χ1n) is 10.1. The summed E-state index contributed by atoms with van der Waals surface area (Å²) in [4.78, 5) is 33.9. The molecule has 6 nitrogen and oxygen atoms in total. The average Bonchev–Trinajstić information content (AvgIpc) is 3.34. The summed E-state index contributed by atoms with van der Waals surface area (Å²) >= 11 is 1.58. The third-order valence-corrected chi connectivity index (χ3v) is 6.86. The van der Waals surface area contributed by atoms with Gasteiger partial charge in [0.15, 0.2) is 6.61 Å². The number of aryl methyl sites for hydroxylation is 4. The van der Waals surface area contributed by atoms with Crippen molar-refractivity contribution in [1.82, 2.24) is 9.97 Å². The van der Waals surface area contributed by atoms with E-state index in [4.69, 9.17) is 9.47 Å². The van der Waals surface area contributed by atoms with Gasteiger partial charge in [0.2, 0.25) is 0 Å². The van der Waals surface area contributed by atoms with Gasteiger partial charge in [-0.1, -0.05) is 6.07 Å². The molecule has 2 heterocycles. The number of carbonyl (C=O) groups is 1. The number of esters is 1. The van der Waals surface area contributed by atoms with Gasteiger partial charge in [-0.15, -0.1) is 11.3 Å². The Kier molecular flexibility index (Phi) is 4.83. The van der Waals surface area contributed by atoms with Crippen LogP contribution in [-0.4, -0.2) is 22.5 Å². The van der Waals surface area contributed by atoms with Crippen LogP contribution in [0.15, 0.2) is 23.0 Å². The summed E-state index contributed by atoms with van der Waals surface area (Å²) in [5.74, 6) is 0.561. The van der Waals surface area contributed by atoms with Crippen LogP contribution in [0.1, 0.15) is 46.7 Å². The van der Waals surface area contributed by atoms with Gasteiger partial charge in [0.05, 0.1) is 5.39 Å². The van der Waals surface area contributed by atoms with Crippen molar-refractivity contribution in [3.05, 3.63) is 55.9 Å². The topological polar surface area (TPSA) is 81.3 Å². The van der Waals surface area contributed by atoms with Gasteiger partial charge < -0.3 is 14.5 Å². The van der Waals surface area contributed by atoms with Crippen LogP contribution < -0.4 is 10.3 Å². The number of fused-ring (bicyclic) bond motifs is 4. The largest absolute Gasteiger partial charge is 0.482 e. The Morgan fingerprint density at radius 3 is 2.90 bits per heavy atom. The van der Waals surface area contributed by atoms with Gasteiger partial charge in [0.1, 0.15) is 23.0 Å². The molecular weight excluding hydrogens is 388 g/mol. The molecule has 5 rings (SSSR count). The molecule has 2 aromatic heterocycles. The third-order valence-electron chi connectivity index (χ3n) is 5.67. The van der Waals surface area contributed by atoms with E-state index in [1.54, 1.807) is 11.3 Å². The third kappa shape index (κ3) is 3.67. The van der Waals surface area contributed by atoms with Crippen molar-refractivity contribution in [3.63, 3.8) is 0 Å². The highest BCUT2D eigenvalue weighted by molar-refractivity contribution is 7.18. The van der Waals surface area contributed by atoms with Gasteiger partial charge in [-0.3, -0.25) is 4.79 Å². The van der Waals surface area contributed by atoms with Crippen LogP contribution in [0.25, 0.3) is 10.2 Å². The first kappa shape index (κ1) is 18.4. The molecule has 0 unspecified atom stereocenters. The number of ether oxygens (including phenoxy) is 2. The number of rotatable bonds is 5. The number of aromatic nitrogens is 2. The lowest BCUT2D eigenvalue weighted by molar-refractivity contribution is -0.147. The molecule has 3 aromatic rings. The smallest absolute Gasteiger partial charge is 0.344 e. The molecule has 1 N–H and O–H groups in total. The van der Waals surface area contributed by atoms with Gasteiger partial charge in [-0.25, -0.2) is 9.78 Å². The number of nitrogens with one attached hydrogen (secondary N) is 1. The van der Waals surface area contributed by atoms with Crippen molar-refractivity contribution in [2.24, 2.45) is 0 Å². The number of aromatic amines is 1. The highest BCUT2D eigenvalue weighted by Gasteiger charge is 2.20. The average molecular weight is 410 g/mol. The Hall–Kier alpha value is -2.67. The van der Waals surface area contributed by atoms with Crippen molar-refractivity contribution >= 4 is 27.5 Å². The minimum absolute atomic E-state index is 0.0693. The summed E-state index contributed by atoms with van der Waals surface area (Å²) in [7, 11) is 0. The Bertz CT molecular complexity index is 1150. The number of carbonyl (C=O) groups excluding carboxylic acids is 1. The Balaban J connectivity index is 1.22. The number of thiophene rings is 1. The predicted octanol–water partition coefficient (Wildman–Crippen LogP) is 3.47. The second-order valence-electron chi connectivity index (χ2n) is 7.64. The molecule has 0 saturated heterocycles. The number of nitrogens with zero attached hydrogens (tertiary/aromatic N) is 1. The first-order chi connectivity index (χ1) is 14.2. The highest BCUT2D eigenvalue weighted by Crippen LogP contribution is 2.33. The minimum atomic E-state index is -0.487. The van der Waals surface area contributed by atoms with E-state index in [1.807, 2.05) is 12.1 Å². The lowest BCUT2D eigenvalue weighted by Gasteiger charge is -2.09. The molecule has 0 bridgehead atoms. The first-order valence-corrected chi connectivity index (χ1v) is 10.9. The number of hydrogen-bond donors (Lipinski definition) is 1. The molecule has 0 atom stereocenters. The monoisotopic (exact) mass is 410 g/mol. The minimum Gasteiger partial charge on any atom is -0.482 e. The SMILES string of the molecule is O=C(COc1ccc2c(c1)CCC2)OCc1nc2sc3c(c2c(=O)[nH]1)CCCC3. The normalized spacial score (nSPS) is 15.2. The van der Waals surface area contributed by atoms with Crippen LogP contribution in [0.5, 0.6) is 5.75 Å². The maximum Gasteiger partial charge on any atom is 0.344 e. The van der Waals surface area contributed by atoms with Crippen LogP contribution in [0, 0.1) is 0 Å². The van der Waals surface area contributed by atoms with E-state index in [0.717, 1.165) is 48.9 Å². The Labute approximate surface area is 171 Å². The lowest BCUT2D eigenvalue weighted by atomic mass is 9.97. The van der Waals surface area contributed by atoms with E-state index < -0.39 is 5.97 Å². The molecule has 150 valence electrons. The molecule has 0 fully saturated rings. The molecule has 0 radical (unpaired) electrons. The Morgan fingerprint density at radius 1 is 1.10 bits per heavy atom. The standard InChI is InChI=1S/C22H22N2O4S/c25-19(12-27-15-9-8-13-4-3-5-14(13)10-15)28-11-18-23-21(26)20-16-6-1-2-7-17(16)29-22(20)24-18/h8-10H,1-7,11-12H2,(H,23,24,26). The summed E-state index contributed by atoms with van der Waals surface area (Å²) < 4.78 is 10.8. The molecule has 0 amide bonds. The van der Waals surface area contributed by atoms with Crippen LogP contribution >= 0.6 is 11.3 Å². The summed E-state index contributed by atoms with van der Waals surface area (Å²) in [5, 5.41) is 0.708. The maximum atomic E-state index is 12.5. The highest BCUT2D eigenvalue weighted by atomic mass is 32.1. The lowest BCUT2D eigenvalue weighted by Crippen LogP contribution is -2.18. The van der Waals surface area contributed by atoms with E-state index >= 15 is 0 Å². The fourth-order valence-electron chi connectivity index (χ4n) is 4.25. The molecule has 7 heteroatoms. The molecule has 1 aromatic carbocycles. The van der Waals surface area contributed by atoms with Crippen LogP contribution in [0.3, 0.4) is 0 Å². The van der Waals surface area contributed by atoms with Crippen molar-refractivity contribution in [2.45, 2.75) is 51.6 Å². The molecule has 0 aliphatic heterocycles. The maximum absolute atomic E-state index is 12.5. The quantitative estimate of drug-likeness (QED) is 0.652. The summed E-state index contributed by atoms with van der Waals surface area (Å²) in [6, 6.07) is 5.96. The van der Waals surface area contributed by atoms with Gasteiger partial charge in [-0.05, 0) is 73.8 Å². The zero-order chi connectivity index (χ0) is 19.8. The number of H-pyrrole nitrogens is 1. The van der Waals surface area contributed by atoms with E-state index in [1.165, 1.54) is 22.4 Å². The van der Waals surface area contributed by atoms with Crippen molar-refractivity contribution < 1.29 is 14.3 Å². The number of hydrogen-bond acceptors (Lipinski definition) is 6. The van der Waals surface area contributed by atoms with E-state index in [-0.39, 0.29) is 18.8 Å². The predicted molar refractivity (Wildman–Crippen MR) is 111 cm³/mol. The second-order valence-corrected chi connectivity index (χ2v) is 8.72. The van der Waals surface area contributed by atoms with Crippen LogP contribution in [-0.2, 0) is 41.8 Å². The zero-order valence-corrected chi connectivity index (χ0v) is 16.9. The molecular formula is C22H22N2O4S. The summed E-state index contributed by atoms with van der Waals surface area (Å²) in [5.41, 5.74) is 3.66. The fraction of sp³-hybridized carbons (Fsp3) is 0.409. The van der Waals surface area contributed by atoms with E-state index in [2.05, 4.69) is 16.0 Å². The molecule has 29 heavy (non-hydrogen) atoms. The van der Waals surface area contributed by atoms with Gasteiger partial charge in [0.25, 0.3) is 5.56 Å². The van der Waals surface area contributed by atoms with Crippen molar-refractivity contribution in [1.29, 1.82) is 0 Å². The summed E-state index contributed by atoms with van der Waals surface area (Å²) in [6.45, 7) is -0.237. The van der Waals surface area contributed by atoms with Gasteiger partial charge in [0, 0.05) is 4.88 Å². The van der Waals surface area contributed by atoms with E-state index in [0.29, 0.717) is 17.0 Å². The van der Waals surface area contributed by atoms with Crippen LogP contribution in [0.4, 0.5) is 0 Å². The Morgan fingerprint density at radius 2 is 1.97 bits per heavy atom. The molecule has 0 spiro atoms. The summed E-state index contributed by atoms with van der Waals surface area (Å²) in [6.07, 6.45) is 7.57. The molecule has 0 saturated carbocycles. The van der Waals surface area contributed by atoms with E-state index in [9.17, 15) is 9.59 Å². The fourth-order valence-corrected chi connectivity index (χ4v) is 5.53.